The molecule has 1 aliphatic rings. The summed E-state index contributed by atoms with van der Waals surface area (Å²) in [5.74, 6) is 0. The average molecular weight is 207 g/mol. The largest absolute Gasteiger partial charge is 0.383 e. The van der Waals surface area contributed by atoms with Crippen molar-refractivity contribution in [2.75, 3.05) is 11.9 Å². The Hall–Kier alpha value is -1.15. The lowest BCUT2D eigenvalue weighted by Gasteiger charge is -2.15. The SMILES string of the molecule is Cn1cc2c3c(c(Cl)ccc31)NCC2. The van der Waals surface area contributed by atoms with Gasteiger partial charge in [0.15, 0.2) is 0 Å². The second kappa shape index (κ2) is 2.67. The first-order valence-electron chi connectivity index (χ1n) is 4.77. The molecule has 0 saturated heterocycles. The maximum atomic E-state index is 6.15. The van der Waals surface area contributed by atoms with Crippen LogP contribution in [-0.2, 0) is 13.5 Å². The molecule has 3 rings (SSSR count). The van der Waals surface area contributed by atoms with E-state index in [2.05, 4.69) is 29.2 Å². The van der Waals surface area contributed by atoms with Crippen LogP contribution in [0.1, 0.15) is 5.56 Å². The Bertz CT molecular complexity index is 513. The summed E-state index contributed by atoms with van der Waals surface area (Å²) in [6.07, 6.45) is 3.29. The Morgan fingerprint density at radius 2 is 2.29 bits per heavy atom. The average Bonchev–Trinajstić information content (AvgIpc) is 2.50. The van der Waals surface area contributed by atoms with E-state index in [1.54, 1.807) is 0 Å². The van der Waals surface area contributed by atoms with Crippen molar-refractivity contribution < 1.29 is 0 Å². The molecule has 1 aromatic carbocycles. The third-order valence-electron chi connectivity index (χ3n) is 2.88. The highest BCUT2D eigenvalue weighted by Crippen LogP contribution is 2.36. The topological polar surface area (TPSA) is 17.0 Å². The molecule has 0 bridgehead atoms. The van der Waals surface area contributed by atoms with Gasteiger partial charge in [-0.15, -0.1) is 0 Å². The van der Waals surface area contributed by atoms with Gasteiger partial charge in [0.25, 0.3) is 0 Å². The second-order valence-corrected chi connectivity index (χ2v) is 4.17. The van der Waals surface area contributed by atoms with Crippen LogP contribution < -0.4 is 5.32 Å². The Labute approximate surface area is 87.5 Å². The zero-order valence-electron chi connectivity index (χ0n) is 7.97. The molecule has 2 aromatic rings. The van der Waals surface area contributed by atoms with E-state index in [1.807, 2.05) is 6.07 Å². The van der Waals surface area contributed by atoms with Gasteiger partial charge in [-0.05, 0) is 24.1 Å². The molecule has 0 radical (unpaired) electrons. The van der Waals surface area contributed by atoms with Crippen LogP contribution in [-0.4, -0.2) is 11.1 Å². The standard InChI is InChI=1S/C11H11ClN2/c1-14-6-7-4-5-13-11-8(12)2-3-9(14)10(7)11/h2-3,6,13H,4-5H2,1H3. The fourth-order valence-corrected chi connectivity index (χ4v) is 2.46. The molecule has 0 atom stereocenters. The van der Waals surface area contributed by atoms with Crippen LogP contribution in [0.4, 0.5) is 5.69 Å². The molecule has 0 saturated carbocycles. The monoisotopic (exact) mass is 206 g/mol. The predicted molar refractivity (Wildman–Crippen MR) is 60.1 cm³/mol. The molecule has 2 nitrogen and oxygen atoms in total. The molecule has 1 N–H and O–H groups in total. The van der Waals surface area contributed by atoms with Crippen molar-refractivity contribution >= 4 is 28.2 Å². The zero-order chi connectivity index (χ0) is 9.71. The molecular weight excluding hydrogens is 196 g/mol. The minimum atomic E-state index is 0.824. The second-order valence-electron chi connectivity index (χ2n) is 3.76. The highest BCUT2D eigenvalue weighted by atomic mass is 35.5. The van der Waals surface area contributed by atoms with Gasteiger partial charge >= 0.3 is 0 Å². The van der Waals surface area contributed by atoms with E-state index in [4.69, 9.17) is 11.6 Å². The number of hydrogen-bond acceptors (Lipinski definition) is 1. The molecule has 0 amide bonds. The number of nitrogens with zero attached hydrogens (tertiary/aromatic N) is 1. The molecule has 0 unspecified atom stereocenters. The Kier molecular flexibility index (Phi) is 1.56. The van der Waals surface area contributed by atoms with Crippen molar-refractivity contribution in [2.24, 2.45) is 7.05 Å². The van der Waals surface area contributed by atoms with Crippen LogP contribution in [0.15, 0.2) is 18.3 Å². The van der Waals surface area contributed by atoms with E-state index in [0.29, 0.717) is 0 Å². The highest BCUT2D eigenvalue weighted by Gasteiger charge is 2.16. The number of rotatable bonds is 0. The lowest BCUT2D eigenvalue weighted by molar-refractivity contribution is 0.943. The van der Waals surface area contributed by atoms with Crippen LogP contribution in [0.25, 0.3) is 10.9 Å². The van der Waals surface area contributed by atoms with Crippen molar-refractivity contribution in [3.05, 3.63) is 28.9 Å². The molecule has 14 heavy (non-hydrogen) atoms. The van der Waals surface area contributed by atoms with Gasteiger partial charge in [0, 0.05) is 25.2 Å². The van der Waals surface area contributed by atoms with E-state index in [0.717, 1.165) is 23.7 Å². The Morgan fingerprint density at radius 1 is 1.43 bits per heavy atom. The maximum absolute atomic E-state index is 6.15. The van der Waals surface area contributed by atoms with Gasteiger partial charge in [-0.3, -0.25) is 0 Å². The van der Waals surface area contributed by atoms with E-state index < -0.39 is 0 Å². The van der Waals surface area contributed by atoms with E-state index in [9.17, 15) is 0 Å². The summed E-state index contributed by atoms with van der Waals surface area (Å²) < 4.78 is 2.16. The summed E-state index contributed by atoms with van der Waals surface area (Å²) in [6, 6.07) is 4.04. The Morgan fingerprint density at radius 3 is 3.14 bits per heavy atom. The van der Waals surface area contributed by atoms with E-state index in [-0.39, 0.29) is 0 Å². The molecule has 0 spiro atoms. The zero-order valence-corrected chi connectivity index (χ0v) is 8.73. The van der Waals surface area contributed by atoms with Crippen LogP contribution in [0, 0.1) is 0 Å². The summed E-state index contributed by atoms with van der Waals surface area (Å²) in [5, 5.41) is 5.48. The van der Waals surface area contributed by atoms with Gasteiger partial charge in [0.05, 0.1) is 16.2 Å². The minimum Gasteiger partial charge on any atom is -0.383 e. The quantitative estimate of drug-likeness (QED) is 0.702. The van der Waals surface area contributed by atoms with Gasteiger partial charge in [-0.1, -0.05) is 11.6 Å². The molecule has 0 aliphatic carbocycles. The van der Waals surface area contributed by atoms with E-state index >= 15 is 0 Å². The molecule has 1 aliphatic heterocycles. The third kappa shape index (κ3) is 0.919. The summed E-state index contributed by atoms with van der Waals surface area (Å²) in [7, 11) is 2.08. The summed E-state index contributed by atoms with van der Waals surface area (Å²) in [5.41, 5.74) is 3.76. The Balaban J connectivity index is 2.51. The third-order valence-corrected chi connectivity index (χ3v) is 3.19. The van der Waals surface area contributed by atoms with Gasteiger partial charge in [-0.25, -0.2) is 0 Å². The molecule has 1 aromatic heterocycles. The summed E-state index contributed by atoms with van der Waals surface area (Å²) in [4.78, 5) is 0. The van der Waals surface area contributed by atoms with Gasteiger partial charge in [0.2, 0.25) is 0 Å². The fraction of sp³-hybridized carbons (Fsp3) is 0.273. The number of aryl methyl sites for hydroxylation is 1. The van der Waals surface area contributed by atoms with Crippen LogP contribution in [0.5, 0.6) is 0 Å². The van der Waals surface area contributed by atoms with Crippen LogP contribution in [0.3, 0.4) is 0 Å². The normalized spacial score (nSPS) is 14.4. The van der Waals surface area contributed by atoms with Crippen molar-refractivity contribution in [3.8, 4) is 0 Å². The van der Waals surface area contributed by atoms with Crippen molar-refractivity contribution in [1.82, 2.24) is 4.57 Å². The number of benzene rings is 1. The van der Waals surface area contributed by atoms with Crippen molar-refractivity contribution in [1.29, 1.82) is 0 Å². The first-order chi connectivity index (χ1) is 6.77. The van der Waals surface area contributed by atoms with Crippen molar-refractivity contribution in [2.45, 2.75) is 6.42 Å². The van der Waals surface area contributed by atoms with Crippen LogP contribution in [0.2, 0.25) is 5.02 Å². The summed E-state index contributed by atoms with van der Waals surface area (Å²) >= 11 is 6.15. The molecule has 0 fully saturated rings. The number of halogens is 1. The smallest absolute Gasteiger partial charge is 0.0645 e. The molecule has 72 valence electrons. The summed E-state index contributed by atoms with van der Waals surface area (Å²) in [6.45, 7) is 0.982. The molecule has 2 heterocycles. The lowest BCUT2D eigenvalue weighted by atomic mass is 10.1. The maximum Gasteiger partial charge on any atom is 0.0645 e. The first kappa shape index (κ1) is 8.18. The van der Waals surface area contributed by atoms with Gasteiger partial charge in [0.1, 0.15) is 0 Å². The number of hydrogen-bond donors (Lipinski definition) is 1. The van der Waals surface area contributed by atoms with Crippen LogP contribution >= 0.6 is 11.6 Å². The fourth-order valence-electron chi connectivity index (χ4n) is 2.24. The van der Waals surface area contributed by atoms with E-state index in [1.165, 1.54) is 16.5 Å². The number of anilines is 1. The number of aromatic nitrogens is 1. The number of nitrogens with one attached hydrogen (secondary N) is 1. The minimum absolute atomic E-state index is 0.824. The van der Waals surface area contributed by atoms with Gasteiger partial charge < -0.3 is 9.88 Å². The molecule has 3 heteroatoms. The highest BCUT2D eigenvalue weighted by molar-refractivity contribution is 6.35. The first-order valence-corrected chi connectivity index (χ1v) is 5.15. The predicted octanol–water partition coefficient (Wildman–Crippen LogP) is 2.80. The van der Waals surface area contributed by atoms with Gasteiger partial charge in [-0.2, -0.15) is 0 Å². The lowest BCUT2D eigenvalue weighted by Crippen LogP contribution is -2.10. The van der Waals surface area contributed by atoms with Crippen molar-refractivity contribution in [3.63, 3.8) is 0 Å². The molecular formula is C11H11ClN2.